The number of aryl methyl sites for hydroxylation is 1. The Kier molecular flexibility index (Phi) is 5.72. The third-order valence-corrected chi connectivity index (χ3v) is 8.58. The summed E-state index contributed by atoms with van der Waals surface area (Å²) in [7, 11) is -1.27. The molecule has 0 spiro atoms. The van der Waals surface area contributed by atoms with Crippen molar-refractivity contribution >= 4 is 27.5 Å². The summed E-state index contributed by atoms with van der Waals surface area (Å²) >= 11 is 1.50. The summed E-state index contributed by atoms with van der Waals surface area (Å²) in [5, 5.41) is 0.629. The van der Waals surface area contributed by atoms with Gasteiger partial charge in [0.2, 0.25) is 5.91 Å². The Hall–Kier alpha value is -1.02. The molecular formula is C18H29N3O3S2. The molecular weight excluding hydrogens is 370 g/mol. The monoisotopic (exact) mass is 399 g/mol. The second kappa shape index (κ2) is 7.54. The van der Waals surface area contributed by atoms with Crippen LogP contribution in [0.15, 0.2) is 5.16 Å². The van der Waals surface area contributed by atoms with E-state index in [4.69, 9.17) is 4.98 Å². The molecule has 2 fully saturated rings. The van der Waals surface area contributed by atoms with Crippen molar-refractivity contribution in [2.75, 3.05) is 18.6 Å². The fourth-order valence-corrected chi connectivity index (χ4v) is 6.97. The van der Waals surface area contributed by atoms with Gasteiger partial charge in [0.05, 0.1) is 22.4 Å². The van der Waals surface area contributed by atoms with Gasteiger partial charge < -0.3 is 9.47 Å². The number of carbonyl (C=O) groups is 1. The van der Waals surface area contributed by atoms with Crippen LogP contribution in [0.25, 0.3) is 0 Å². The van der Waals surface area contributed by atoms with Gasteiger partial charge in [-0.2, -0.15) is 0 Å². The molecule has 0 bridgehead atoms. The van der Waals surface area contributed by atoms with E-state index in [9.17, 15) is 13.2 Å². The van der Waals surface area contributed by atoms with Crippen molar-refractivity contribution in [1.29, 1.82) is 0 Å². The highest BCUT2D eigenvalue weighted by Crippen LogP contribution is 2.36. The molecule has 146 valence electrons. The van der Waals surface area contributed by atoms with Gasteiger partial charge in [0.25, 0.3) is 0 Å². The number of imidazole rings is 1. The molecule has 1 saturated carbocycles. The lowest BCUT2D eigenvalue weighted by Crippen LogP contribution is -2.41. The van der Waals surface area contributed by atoms with E-state index in [-0.39, 0.29) is 28.7 Å². The van der Waals surface area contributed by atoms with Gasteiger partial charge in [-0.3, -0.25) is 4.79 Å². The first-order chi connectivity index (χ1) is 12.2. The lowest BCUT2D eigenvalue weighted by atomic mass is 10.2. The van der Waals surface area contributed by atoms with Gasteiger partial charge in [-0.25, -0.2) is 13.4 Å². The van der Waals surface area contributed by atoms with Gasteiger partial charge in [0.15, 0.2) is 15.0 Å². The van der Waals surface area contributed by atoms with Gasteiger partial charge in [-0.05, 0) is 40.0 Å². The smallest absolute Gasteiger partial charge is 0.235 e. The van der Waals surface area contributed by atoms with Crippen molar-refractivity contribution in [3.63, 3.8) is 0 Å². The molecule has 8 heteroatoms. The van der Waals surface area contributed by atoms with Crippen molar-refractivity contribution < 1.29 is 13.2 Å². The maximum atomic E-state index is 12.8. The number of hydrogen-bond donors (Lipinski definition) is 0. The average molecular weight is 400 g/mol. The standard InChI is InChI=1S/C18H29N3O3S2/c1-12-13(2)21(15-7-5-6-8-15)18(19-12)25-14(3)17(22)20(4)16-9-10-26(23,24)11-16/h14-16H,5-11H2,1-4H3. The topological polar surface area (TPSA) is 72.3 Å². The Morgan fingerprint density at radius 2 is 1.92 bits per heavy atom. The maximum absolute atomic E-state index is 12.8. The van der Waals surface area contributed by atoms with Gasteiger partial charge in [0.1, 0.15) is 0 Å². The number of nitrogens with zero attached hydrogens (tertiary/aromatic N) is 3. The van der Waals surface area contributed by atoms with Crippen LogP contribution in [0.5, 0.6) is 0 Å². The largest absolute Gasteiger partial charge is 0.341 e. The molecule has 1 saturated heterocycles. The minimum Gasteiger partial charge on any atom is -0.341 e. The van der Waals surface area contributed by atoms with Crippen molar-refractivity contribution in [2.45, 2.75) is 75.4 Å². The number of carbonyl (C=O) groups excluding carboxylic acids is 1. The quantitative estimate of drug-likeness (QED) is 0.712. The van der Waals surface area contributed by atoms with Crippen LogP contribution in [0.3, 0.4) is 0 Å². The Bertz CT molecular complexity index is 782. The number of rotatable bonds is 5. The summed E-state index contributed by atoms with van der Waals surface area (Å²) in [6, 6.07) is 0.285. The van der Waals surface area contributed by atoms with Crippen LogP contribution < -0.4 is 0 Å². The highest BCUT2D eigenvalue weighted by atomic mass is 32.2. The van der Waals surface area contributed by atoms with E-state index in [1.807, 2.05) is 13.8 Å². The molecule has 2 heterocycles. The zero-order valence-electron chi connectivity index (χ0n) is 16.1. The summed E-state index contributed by atoms with van der Waals surface area (Å²) in [5.74, 6) is 0.247. The molecule has 0 radical (unpaired) electrons. The molecule has 2 unspecified atom stereocenters. The van der Waals surface area contributed by atoms with E-state index in [2.05, 4.69) is 11.5 Å². The van der Waals surface area contributed by atoms with Crippen molar-refractivity contribution in [3.8, 4) is 0 Å². The molecule has 1 aromatic heterocycles. The predicted molar refractivity (Wildman–Crippen MR) is 104 cm³/mol. The molecule has 0 N–H and O–H groups in total. The number of amides is 1. The number of aromatic nitrogens is 2. The van der Waals surface area contributed by atoms with E-state index >= 15 is 0 Å². The van der Waals surface area contributed by atoms with Crippen LogP contribution in [0, 0.1) is 13.8 Å². The van der Waals surface area contributed by atoms with Crippen molar-refractivity contribution in [1.82, 2.24) is 14.5 Å². The number of sulfone groups is 1. The van der Waals surface area contributed by atoms with E-state index in [1.54, 1.807) is 11.9 Å². The SMILES string of the molecule is Cc1nc(SC(C)C(=O)N(C)C2CCS(=O)(=O)C2)n(C2CCCC2)c1C. The lowest BCUT2D eigenvalue weighted by Gasteiger charge is -2.26. The summed E-state index contributed by atoms with van der Waals surface area (Å²) in [5.41, 5.74) is 2.21. The zero-order chi connectivity index (χ0) is 19.1. The molecule has 1 aromatic rings. The average Bonchev–Trinajstić information content (AvgIpc) is 3.27. The molecule has 26 heavy (non-hydrogen) atoms. The van der Waals surface area contributed by atoms with E-state index in [0.717, 1.165) is 10.9 Å². The minimum absolute atomic E-state index is 0.0200. The van der Waals surface area contributed by atoms with E-state index < -0.39 is 9.84 Å². The second-order valence-electron chi connectivity index (χ2n) is 7.64. The van der Waals surface area contributed by atoms with Gasteiger partial charge in [-0.15, -0.1) is 0 Å². The van der Waals surface area contributed by atoms with Crippen LogP contribution in [0.2, 0.25) is 0 Å². The summed E-state index contributed by atoms with van der Waals surface area (Å²) < 4.78 is 25.7. The summed E-state index contributed by atoms with van der Waals surface area (Å²) in [6.07, 6.45) is 5.38. The molecule has 2 atom stereocenters. The Balaban J connectivity index is 1.72. The van der Waals surface area contributed by atoms with Crippen molar-refractivity contribution in [2.24, 2.45) is 0 Å². The number of hydrogen-bond acceptors (Lipinski definition) is 5. The Labute approximate surface area is 160 Å². The molecule has 6 nitrogen and oxygen atoms in total. The van der Waals surface area contributed by atoms with Crippen LogP contribution in [-0.2, 0) is 14.6 Å². The van der Waals surface area contributed by atoms with Crippen LogP contribution >= 0.6 is 11.8 Å². The molecule has 3 rings (SSSR count). The molecule has 0 aromatic carbocycles. The first-order valence-electron chi connectivity index (χ1n) is 9.39. The first-order valence-corrected chi connectivity index (χ1v) is 12.1. The fourth-order valence-electron chi connectivity index (χ4n) is 4.03. The zero-order valence-corrected chi connectivity index (χ0v) is 17.7. The van der Waals surface area contributed by atoms with Gasteiger partial charge in [0, 0.05) is 24.8 Å². The summed E-state index contributed by atoms with van der Waals surface area (Å²) in [6.45, 7) is 6.02. The molecule has 1 amide bonds. The van der Waals surface area contributed by atoms with Gasteiger partial charge >= 0.3 is 0 Å². The van der Waals surface area contributed by atoms with Gasteiger partial charge in [-0.1, -0.05) is 24.6 Å². The third-order valence-electron chi connectivity index (χ3n) is 5.78. The van der Waals surface area contributed by atoms with E-state index in [0.29, 0.717) is 12.5 Å². The Morgan fingerprint density at radius 1 is 1.27 bits per heavy atom. The minimum atomic E-state index is -3.00. The van der Waals surface area contributed by atoms with Crippen LogP contribution in [0.4, 0.5) is 0 Å². The molecule has 1 aliphatic carbocycles. The predicted octanol–water partition coefficient (Wildman–Crippen LogP) is 2.74. The third kappa shape index (κ3) is 3.96. The highest BCUT2D eigenvalue weighted by molar-refractivity contribution is 8.00. The normalized spacial score (nSPS) is 24.1. The number of thioether (sulfide) groups is 1. The van der Waals surface area contributed by atoms with Crippen molar-refractivity contribution in [3.05, 3.63) is 11.4 Å². The van der Waals surface area contributed by atoms with Crippen LogP contribution in [-0.4, -0.2) is 58.6 Å². The summed E-state index contributed by atoms with van der Waals surface area (Å²) in [4.78, 5) is 19.2. The highest BCUT2D eigenvalue weighted by Gasteiger charge is 2.35. The molecule has 2 aliphatic rings. The van der Waals surface area contributed by atoms with E-state index in [1.165, 1.54) is 43.1 Å². The fraction of sp³-hybridized carbons (Fsp3) is 0.778. The Morgan fingerprint density at radius 3 is 2.50 bits per heavy atom. The lowest BCUT2D eigenvalue weighted by molar-refractivity contribution is -0.130. The molecule has 1 aliphatic heterocycles. The van der Waals surface area contributed by atoms with Crippen LogP contribution in [0.1, 0.15) is 56.5 Å². The first kappa shape index (κ1) is 19.7. The second-order valence-corrected chi connectivity index (χ2v) is 11.2. The maximum Gasteiger partial charge on any atom is 0.235 e.